The third-order valence-corrected chi connectivity index (χ3v) is 5.84. The van der Waals surface area contributed by atoms with Gasteiger partial charge in [-0.15, -0.1) is 11.3 Å². The molecule has 1 heterocycles. The fraction of sp³-hybridized carbons (Fsp3) is 0.812. The fourth-order valence-corrected chi connectivity index (χ4v) is 4.94. The van der Waals surface area contributed by atoms with Crippen LogP contribution in [-0.2, 0) is 19.4 Å². The van der Waals surface area contributed by atoms with E-state index in [-0.39, 0.29) is 0 Å². The Labute approximate surface area is 121 Å². The second-order valence-electron chi connectivity index (χ2n) is 6.89. The second-order valence-corrected chi connectivity index (χ2v) is 8.05. The minimum Gasteiger partial charge on any atom is -0.310 e. The summed E-state index contributed by atoms with van der Waals surface area (Å²) in [7, 11) is 0. The maximum atomic E-state index is 4.86. The Kier molecular flexibility index (Phi) is 3.95. The molecular weight excluding hydrogens is 252 g/mol. The van der Waals surface area contributed by atoms with Crippen molar-refractivity contribution in [1.29, 1.82) is 0 Å². The van der Waals surface area contributed by atoms with Crippen molar-refractivity contribution >= 4 is 11.3 Å². The Balaban J connectivity index is 1.63. The van der Waals surface area contributed by atoms with Crippen molar-refractivity contribution < 1.29 is 0 Å². The van der Waals surface area contributed by atoms with Gasteiger partial charge in [0, 0.05) is 11.4 Å². The van der Waals surface area contributed by atoms with Gasteiger partial charge in [-0.25, -0.2) is 4.98 Å². The molecule has 2 aliphatic rings. The van der Waals surface area contributed by atoms with Crippen LogP contribution in [0.1, 0.15) is 61.5 Å². The Bertz CT molecular complexity index is 430. The Morgan fingerprint density at radius 3 is 2.79 bits per heavy atom. The summed E-state index contributed by atoms with van der Waals surface area (Å²) >= 11 is 1.97. The van der Waals surface area contributed by atoms with Gasteiger partial charge in [0.1, 0.15) is 5.01 Å². The van der Waals surface area contributed by atoms with Crippen LogP contribution in [0.15, 0.2) is 0 Å². The quantitative estimate of drug-likeness (QED) is 0.902. The number of thiazole rings is 1. The predicted octanol–water partition coefficient (Wildman–Crippen LogP) is 3.94. The smallest absolute Gasteiger partial charge is 0.107 e. The first kappa shape index (κ1) is 13.6. The van der Waals surface area contributed by atoms with Gasteiger partial charge in [0.15, 0.2) is 0 Å². The molecule has 0 amide bonds. The van der Waals surface area contributed by atoms with E-state index in [2.05, 4.69) is 19.2 Å². The van der Waals surface area contributed by atoms with Crippen molar-refractivity contribution in [2.24, 2.45) is 11.3 Å². The van der Waals surface area contributed by atoms with Crippen LogP contribution in [-0.4, -0.2) is 11.5 Å². The topological polar surface area (TPSA) is 24.9 Å². The van der Waals surface area contributed by atoms with Crippen LogP contribution >= 0.6 is 11.3 Å². The number of aryl methyl sites for hydroxylation is 1. The van der Waals surface area contributed by atoms with Crippen molar-refractivity contribution in [3.63, 3.8) is 0 Å². The number of hydrogen-bond acceptors (Lipinski definition) is 3. The molecule has 0 saturated heterocycles. The number of fused-ring (bicyclic) bond motifs is 1. The fourth-order valence-electron chi connectivity index (χ4n) is 3.68. The number of nitrogens with one attached hydrogen (secondary N) is 1. The Morgan fingerprint density at radius 2 is 2.05 bits per heavy atom. The van der Waals surface area contributed by atoms with Crippen molar-refractivity contribution in [3.8, 4) is 0 Å². The molecule has 1 N–H and O–H groups in total. The summed E-state index contributed by atoms with van der Waals surface area (Å²) in [5, 5.41) is 4.83. The zero-order chi connectivity index (χ0) is 13.3. The molecule has 1 aromatic heterocycles. The first-order valence-electron chi connectivity index (χ1n) is 7.85. The number of rotatable bonds is 4. The SMILES string of the molecule is CC(C)CNCc1nc2c(s1)CC1(CCCC1)CC2. The summed E-state index contributed by atoms with van der Waals surface area (Å²) in [6, 6.07) is 0. The van der Waals surface area contributed by atoms with Crippen LogP contribution < -0.4 is 5.32 Å². The van der Waals surface area contributed by atoms with E-state index in [4.69, 9.17) is 4.98 Å². The summed E-state index contributed by atoms with van der Waals surface area (Å²) in [4.78, 5) is 6.46. The van der Waals surface area contributed by atoms with E-state index in [9.17, 15) is 0 Å². The van der Waals surface area contributed by atoms with E-state index in [1.54, 1.807) is 4.88 Å². The lowest BCUT2D eigenvalue weighted by atomic mass is 9.74. The molecular formula is C16H26N2S. The molecule has 1 fully saturated rings. The van der Waals surface area contributed by atoms with Gasteiger partial charge in [0.2, 0.25) is 0 Å². The predicted molar refractivity (Wildman–Crippen MR) is 81.6 cm³/mol. The zero-order valence-electron chi connectivity index (χ0n) is 12.3. The van der Waals surface area contributed by atoms with E-state index in [1.165, 1.54) is 55.6 Å². The van der Waals surface area contributed by atoms with Gasteiger partial charge in [-0.3, -0.25) is 0 Å². The monoisotopic (exact) mass is 278 g/mol. The van der Waals surface area contributed by atoms with Crippen molar-refractivity contribution in [2.45, 2.75) is 65.3 Å². The first-order chi connectivity index (χ1) is 9.17. The third-order valence-electron chi connectivity index (χ3n) is 4.74. The number of hydrogen-bond donors (Lipinski definition) is 1. The molecule has 1 spiro atoms. The molecule has 1 aromatic rings. The van der Waals surface area contributed by atoms with E-state index in [0.717, 1.165) is 19.0 Å². The molecule has 0 radical (unpaired) electrons. The van der Waals surface area contributed by atoms with Gasteiger partial charge in [-0.05, 0) is 50.0 Å². The summed E-state index contributed by atoms with van der Waals surface area (Å²) in [6.07, 6.45) is 9.78. The number of aromatic nitrogens is 1. The van der Waals surface area contributed by atoms with Gasteiger partial charge in [-0.1, -0.05) is 26.7 Å². The van der Waals surface area contributed by atoms with Crippen molar-refractivity contribution in [3.05, 3.63) is 15.6 Å². The molecule has 106 valence electrons. The van der Waals surface area contributed by atoms with E-state index >= 15 is 0 Å². The molecule has 1 saturated carbocycles. The van der Waals surface area contributed by atoms with Gasteiger partial charge in [0.05, 0.1) is 5.69 Å². The first-order valence-corrected chi connectivity index (χ1v) is 8.67. The van der Waals surface area contributed by atoms with Crippen LogP contribution in [0.25, 0.3) is 0 Å². The largest absolute Gasteiger partial charge is 0.310 e. The summed E-state index contributed by atoms with van der Waals surface area (Å²) in [5.74, 6) is 0.719. The minimum atomic E-state index is 0.669. The highest BCUT2D eigenvalue weighted by Gasteiger charge is 2.38. The zero-order valence-corrected chi connectivity index (χ0v) is 13.1. The maximum Gasteiger partial charge on any atom is 0.107 e. The highest BCUT2D eigenvalue weighted by Crippen LogP contribution is 2.48. The van der Waals surface area contributed by atoms with Crippen molar-refractivity contribution in [1.82, 2.24) is 10.3 Å². The highest BCUT2D eigenvalue weighted by atomic mass is 32.1. The average molecular weight is 278 g/mol. The van der Waals surface area contributed by atoms with Crippen molar-refractivity contribution in [2.75, 3.05) is 6.54 Å². The molecule has 0 atom stereocenters. The van der Waals surface area contributed by atoms with Crippen LogP contribution in [0.2, 0.25) is 0 Å². The lowest BCUT2D eigenvalue weighted by Gasteiger charge is -2.32. The molecule has 0 aromatic carbocycles. The third kappa shape index (κ3) is 3.03. The number of nitrogens with zero attached hydrogens (tertiary/aromatic N) is 1. The molecule has 2 nitrogen and oxygen atoms in total. The Hall–Kier alpha value is -0.410. The normalized spacial score (nSPS) is 21.2. The lowest BCUT2D eigenvalue weighted by molar-refractivity contribution is 0.256. The Morgan fingerprint density at radius 1 is 1.26 bits per heavy atom. The van der Waals surface area contributed by atoms with Crippen LogP contribution in [0.5, 0.6) is 0 Å². The molecule has 3 rings (SSSR count). The summed E-state index contributed by atoms with van der Waals surface area (Å²) in [6.45, 7) is 6.56. The molecule has 0 unspecified atom stereocenters. The van der Waals surface area contributed by atoms with E-state index in [1.807, 2.05) is 11.3 Å². The van der Waals surface area contributed by atoms with Crippen LogP contribution in [0.3, 0.4) is 0 Å². The lowest BCUT2D eigenvalue weighted by Crippen LogP contribution is -2.24. The molecule has 19 heavy (non-hydrogen) atoms. The molecule has 3 heteroatoms. The standard InChI is InChI=1S/C16H26N2S/c1-12(2)10-17-11-15-18-13-5-8-16(6-3-4-7-16)9-14(13)19-15/h12,17H,3-11H2,1-2H3. The molecule has 0 bridgehead atoms. The van der Waals surface area contributed by atoms with E-state index in [0.29, 0.717) is 5.41 Å². The molecule has 2 aliphatic carbocycles. The maximum absolute atomic E-state index is 4.86. The van der Waals surface area contributed by atoms with Gasteiger partial charge in [-0.2, -0.15) is 0 Å². The van der Waals surface area contributed by atoms with Gasteiger partial charge >= 0.3 is 0 Å². The minimum absolute atomic E-state index is 0.669. The van der Waals surface area contributed by atoms with E-state index < -0.39 is 0 Å². The molecule has 0 aliphatic heterocycles. The summed E-state index contributed by atoms with van der Waals surface area (Å²) < 4.78 is 0. The average Bonchev–Trinajstić information content (AvgIpc) is 2.96. The van der Waals surface area contributed by atoms with Gasteiger partial charge < -0.3 is 5.32 Å². The second kappa shape index (κ2) is 5.53. The summed E-state index contributed by atoms with van der Waals surface area (Å²) in [5.41, 5.74) is 2.09. The highest BCUT2D eigenvalue weighted by molar-refractivity contribution is 7.11. The van der Waals surface area contributed by atoms with Gasteiger partial charge in [0.25, 0.3) is 0 Å². The van der Waals surface area contributed by atoms with Crippen LogP contribution in [0.4, 0.5) is 0 Å². The van der Waals surface area contributed by atoms with Crippen LogP contribution in [0, 0.1) is 11.3 Å².